The number of nitro groups is 1. The summed E-state index contributed by atoms with van der Waals surface area (Å²) >= 11 is 5.98. The highest BCUT2D eigenvalue weighted by Gasteiger charge is 2.44. The molecule has 1 aromatic carbocycles. The van der Waals surface area contributed by atoms with Gasteiger partial charge in [0.15, 0.2) is 0 Å². The van der Waals surface area contributed by atoms with Crippen molar-refractivity contribution in [1.29, 1.82) is 0 Å². The Morgan fingerprint density at radius 1 is 1.58 bits per heavy atom. The van der Waals surface area contributed by atoms with E-state index in [0.29, 0.717) is 13.0 Å². The molecule has 0 aromatic heterocycles. The zero-order chi connectivity index (χ0) is 14.0. The smallest absolute Gasteiger partial charge is 0.312 e. The van der Waals surface area contributed by atoms with E-state index >= 15 is 0 Å². The molecule has 1 atom stereocenters. The Hall–Kier alpha value is -1.66. The summed E-state index contributed by atoms with van der Waals surface area (Å²) in [5, 5.41) is 20.6. The van der Waals surface area contributed by atoms with Crippen LogP contribution in [0, 0.1) is 15.5 Å². The zero-order valence-electron chi connectivity index (χ0n) is 9.97. The van der Waals surface area contributed by atoms with Crippen molar-refractivity contribution in [1.82, 2.24) is 0 Å². The molecule has 19 heavy (non-hydrogen) atoms. The number of hydrogen-bond acceptors (Lipinski definition) is 4. The quantitative estimate of drug-likeness (QED) is 0.677. The van der Waals surface area contributed by atoms with Gasteiger partial charge >= 0.3 is 5.97 Å². The molecule has 1 heterocycles. The Bertz CT molecular complexity index is 525. The van der Waals surface area contributed by atoms with Crippen LogP contribution in [0.1, 0.15) is 12.0 Å². The molecule has 0 radical (unpaired) electrons. The second-order valence-electron chi connectivity index (χ2n) is 4.56. The first-order valence-electron chi connectivity index (χ1n) is 5.69. The maximum atomic E-state index is 11.4. The minimum Gasteiger partial charge on any atom is -0.481 e. The minimum atomic E-state index is -1.13. The third-order valence-corrected chi connectivity index (χ3v) is 3.72. The summed E-state index contributed by atoms with van der Waals surface area (Å²) in [6.45, 7) is 0.384. The van der Waals surface area contributed by atoms with Crippen LogP contribution >= 0.6 is 11.6 Å². The van der Waals surface area contributed by atoms with Crippen LogP contribution in [0.2, 0.25) is 5.02 Å². The van der Waals surface area contributed by atoms with Crippen molar-refractivity contribution >= 4 is 23.3 Å². The Morgan fingerprint density at radius 3 is 2.84 bits per heavy atom. The summed E-state index contributed by atoms with van der Waals surface area (Å²) in [5.74, 6) is -1.01. The Kier molecular flexibility index (Phi) is 3.73. The average Bonchev–Trinajstić information content (AvgIpc) is 2.81. The molecule has 0 aliphatic carbocycles. The molecule has 102 valence electrons. The van der Waals surface area contributed by atoms with Crippen molar-refractivity contribution in [3.63, 3.8) is 0 Å². The van der Waals surface area contributed by atoms with Gasteiger partial charge < -0.3 is 9.84 Å². The van der Waals surface area contributed by atoms with E-state index in [4.69, 9.17) is 16.3 Å². The van der Waals surface area contributed by atoms with E-state index in [-0.39, 0.29) is 29.3 Å². The largest absolute Gasteiger partial charge is 0.481 e. The average molecular weight is 286 g/mol. The standard InChI is InChI=1S/C12H12ClNO5/c13-9-2-1-3-10(14(17)18)8(9)6-12(11(15)16)4-5-19-7-12/h1-3H,4-7H2,(H,15,16). The summed E-state index contributed by atoms with van der Waals surface area (Å²) in [6, 6.07) is 4.32. The topological polar surface area (TPSA) is 89.7 Å². The molecule has 1 aliphatic rings. The molecule has 1 saturated heterocycles. The number of carboxylic acid groups (broad SMARTS) is 1. The summed E-state index contributed by atoms with van der Waals surface area (Å²) in [4.78, 5) is 21.9. The lowest BCUT2D eigenvalue weighted by molar-refractivity contribution is -0.385. The molecule has 1 N–H and O–H groups in total. The number of aliphatic carboxylic acids is 1. The van der Waals surface area contributed by atoms with Crippen LogP contribution in [-0.4, -0.2) is 29.2 Å². The molecule has 0 saturated carbocycles. The fourth-order valence-electron chi connectivity index (χ4n) is 2.22. The van der Waals surface area contributed by atoms with Gasteiger partial charge in [0.2, 0.25) is 0 Å². The van der Waals surface area contributed by atoms with Crippen LogP contribution in [0.25, 0.3) is 0 Å². The third kappa shape index (κ3) is 2.54. The van der Waals surface area contributed by atoms with E-state index in [1.165, 1.54) is 18.2 Å². The van der Waals surface area contributed by atoms with E-state index in [1.807, 2.05) is 0 Å². The van der Waals surface area contributed by atoms with Gasteiger partial charge in [0.05, 0.1) is 22.0 Å². The monoisotopic (exact) mass is 285 g/mol. The molecular formula is C12H12ClNO5. The van der Waals surface area contributed by atoms with Gasteiger partial charge in [0.1, 0.15) is 0 Å². The molecule has 1 unspecified atom stereocenters. The molecule has 0 amide bonds. The molecule has 7 heteroatoms. The maximum absolute atomic E-state index is 11.4. The first kappa shape index (κ1) is 13.8. The minimum absolute atomic E-state index is 0.00167. The van der Waals surface area contributed by atoms with Crippen LogP contribution in [-0.2, 0) is 16.0 Å². The summed E-state index contributed by atoms with van der Waals surface area (Å²) in [5.41, 5.74) is -1.03. The summed E-state index contributed by atoms with van der Waals surface area (Å²) in [7, 11) is 0. The molecule has 1 aromatic rings. The normalized spacial score (nSPS) is 22.4. The molecule has 1 fully saturated rings. The van der Waals surface area contributed by atoms with Gasteiger partial charge in [-0.2, -0.15) is 0 Å². The molecule has 0 spiro atoms. The second kappa shape index (κ2) is 5.14. The van der Waals surface area contributed by atoms with Crippen LogP contribution in [0.3, 0.4) is 0 Å². The predicted molar refractivity (Wildman–Crippen MR) is 67.3 cm³/mol. The van der Waals surface area contributed by atoms with Crippen LogP contribution in [0.4, 0.5) is 5.69 Å². The van der Waals surface area contributed by atoms with Gasteiger partial charge in [0, 0.05) is 18.2 Å². The van der Waals surface area contributed by atoms with Crippen LogP contribution in [0.5, 0.6) is 0 Å². The van der Waals surface area contributed by atoms with Gasteiger partial charge in [-0.05, 0) is 18.9 Å². The number of benzene rings is 1. The van der Waals surface area contributed by atoms with E-state index < -0.39 is 16.3 Å². The Balaban J connectivity index is 2.42. The lowest BCUT2D eigenvalue weighted by Crippen LogP contribution is -2.34. The summed E-state index contributed by atoms with van der Waals surface area (Å²) < 4.78 is 5.14. The van der Waals surface area contributed by atoms with Crippen molar-refractivity contribution in [2.75, 3.05) is 13.2 Å². The highest BCUT2D eigenvalue weighted by Crippen LogP contribution is 2.38. The van der Waals surface area contributed by atoms with Gasteiger partial charge in [-0.1, -0.05) is 17.7 Å². The van der Waals surface area contributed by atoms with Gasteiger partial charge in [-0.25, -0.2) is 0 Å². The van der Waals surface area contributed by atoms with Crippen LogP contribution < -0.4 is 0 Å². The number of carbonyl (C=O) groups is 1. The lowest BCUT2D eigenvalue weighted by atomic mass is 9.80. The maximum Gasteiger partial charge on any atom is 0.312 e. The molecular weight excluding hydrogens is 274 g/mol. The lowest BCUT2D eigenvalue weighted by Gasteiger charge is -2.22. The number of carboxylic acids is 1. The first-order chi connectivity index (χ1) is 8.96. The molecule has 6 nitrogen and oxygen atoms in total. The van der Waals surface area contributed by atoms with Crippen molar-refractivity contribution in [3.8, 4) is 0 Å². The zero-order valence-corrected chi connectivity index (χ0v) is 10.7. The van der Waals surface area contributed by atoms with Crippen LogP contribution in [0.15, 0.2) is 18.2 Å². The summed E-state index contributed by atoms with van der Waals surface area (Å²) in [6.07, 6.45) is 0.322. The van der Waals surface area contributed by atoms with Crippen molar-refractivity contribution < 1.29 is 19.6 Å². The predicted octanol–water partition coefficient (Wildman–Crippen LogP) is 2.28. The number of halogens is 1. The second-order valence-corrected chi connectivity index (χ2v) is 4.97. The van der Waals surface area contributed by atoms with Crippen molar-refractivity contribution in [3.05, 3.63) is 38.9 Å². The fraction of sp³-hybridized carbons (Fsp3) is 0.417. The van der Waals surface area contributed by atoms with E-state index in [2.05, 4.69) is 0 Å². The van der Waals surface area contributed by atoms with E-state index in [0.717, 1.165) is 0 Å². The van der Waals surface area contributed by atoms with Crippen molar-refractivity contribution in [2.45, 2.75) is 12.8 Å². The molecule has 0 bridgehead atoms. The number of nitro benzene ring substituents is 1. The van der Waals surface area contributed by atoms with Crippen molar-refractivity contribution in [2.24, 2.45) is 5.41 Å². The van der Waals surface area contributed by atoms with Gasteiger partial charge in [0.25, 0.3) is 5.69 Å². The Morgan fingerprint density at radius 2 is 2.32 bits per heavy atom. The molecule has 1 aliphatic heterocycles. The number of nitrogens with zero attached hydrogens (tertiary/aromatic N) is 1. The SMILES string of the molecule is O=C(O)C1(Cc2c(Cl)cccc2[N+](=O)[O-])CCOC1. The van der Waals surface area contributed by atoms with Gasteiger partial charge in [-0.15, -0.1) is 0 Å². The van der Waals surface area contributed by atoms with E-state index in [9.17, 15) is 20.0 Å². The Labute approximate surface area is 114 Å². The highest BCUT2D eigenvalue weighted by atomic mass is 35.5. The fourth-order valence-corrected chi connectivity index (χ4v) is 2.46. The number of ether oxygens (including phenoxy) is 1. The van der Waals surface area contributed by atoms with E-state index in [1.54, 1.807) is 0 Å². The highest BCUT2D eigenvalue weighted by molar-refractivity contribution is 6.31. The third-order valence-electron chi connectivity index (χ3n) is 3.36. The number of hydrogen-bond donors (Lipinski definition) is 1. The van der Waals surface area contributed by atoms with Gasteiger partial charge in [-0.3, -0.25) is 14.9 Å². The molecule has 2 rings (SSSR count). The number of rotatable bonds is 4. The first-order valence-corrected chi connectivity index (χ1v) is 6.07.